The Bertz CT molecular complexity index is 363. The molecule has 0 aliphatic heterocycles. The van der Waals surface area contributed by atoms with Gasteiger partial charge in [0.1, 0.15) is 5.82 Å². The Morgan fingerprint density at radius 3 is 2.31 bits per heavy atom. The van der Waals surface area contributed by atoms with Gasteiger partial charge in [-0.15, -0.1) is 0 Å². The third-order valence-electron chi connectivity index (χ3n) is 3.00. The molecule has 0 heterocycles. The highest BCUT2D eigenvalue weighted by Crippen LogP contribution is 2.26. The molecule has 0 spiro atoms. The normalized spacial score (nSPS) is 13.2. The van der Waals surface area contributed by atoms with Crippen molar-refractivity contribution in [1.29, 1.82) is 0 Å². The van der Waals surface area contributed by atoms with E-state index < -0.39 is 0 Å². The second-order valence-corrected chi connectivity index (χ2v) is 4.45. The molecule has 0 radical (unpaired) electrons. The fourth-order valence-corrected chi connectivity index (χ4v) is 1.87. The van der Waals surface area contributed by atoms with Crippen LogP contribution in [0.25, 0.3) is 0 Å². The van der Waals surface area contributed by atoms with E-state index in [0.29, 0.717) is 12.0 Å². The standard InChI is InChI=1S/C13H20FNO/c1-9-7-11(12(14)8-10(9)2)13(5-6-16)15(3)4/h7-8,13,16H,5-6H2,1-4H3. The topological polar surface area (TPSA) is 23.5 Å². The van der Waals surface area contributed by atoms with E-state index in [1.807, 2.05) is 38.9 Å². The van der Waals surface area contributed by atoms with Crippen molar-refractivity contribution in [2.45, 2.75) is 26.3 Å². The van der Waals surface area contributed by atoms with Gasteiger partial charge in [-0.3, -0.25) is 0 Å². The largest absolute Gasteiger partial charge is 0.396 e. The maximum Gasteiger partial charge on any atom is 0.128 e. The van der Waals surface area contributed by atoms with Crippen LogP contribution < -0.4 is 0 Å². The zero-order valence-electron chi connectivity index (χ0n) is 10.4. The molecular formula is C13H20FNO. The average molecular weight is 225 g/mol. The summed E-state index contributed by atoms with van der Waals surface area (Å²) in [5.74, 6) is -0.185. The van der Waals surface area contributed by atoms with E-state index in [1.54, 1.807) is 6.07 Å². The van der Waals surface area contributed by atoms with Crippen LogP contribution in [0.2, 0.25) is 0 Å². The molecule has 0 bridgehead atoms. The van der Waals surface area contributed by atoms with Crippen molar-refractivity contribution in [1.82, 2.24) is 4.90 Å². The number of aliphatic hydroxyl groups excluding tert-OH is 1. The van der Waals surface area contributed by atoms with E-state index >= 15 is 0 Å². The molecule has 1 unspecified atom stereocenters. The van der Waals surface area contributed by atoms with Gasteiger partial charge < -0.3 is 10.0 Å². The summed E-state index contributed by atoms with van der Waals surface area (Å²) in [5.41, 5.74) is 2.71. The minimum atomic E-state index is -0.185. The molecule has 1 rings (SSSR count). The Morgan fingerprint density at radius 1 is 1.25 bits per heavy atom. The molecule has 0 saturated heterocycles. The number of hydrogen-bond donors (Lipinski definition) is 1. The molecule has 90 valence electrons. The van der Waals surface area contributed by atoms with E-state index in [0.717, 1.165) is 11.1 Å². The molecule has 1 atom stereocenters. The summed E-state index contributed by atoms with van der Waals surface area (Å²) in [5, 5.41) is 9.01. The Kier molecular flexibility index (Phi) is 4.44. The van der Waals surface area contributed by atoms with Crippen LogP contribution in [-0.4, -0.2) is 30.7 Å². The Hall–Kier alpha value is -0.930. The number of aliphatic hydroxyl groups is 1. The number of nitrogens with zero attached hydrogens (tertiary/aromatic N) is 1. The first-order valence-corrected chi connectivity index (χ1v) is 5.51. The number of halogens is 1. The zero-order chi connectivity index (χ0) is 12.3. The van der Waals surface area contributed by atoms with E-state index in [2.05, 4.69) is 0 Å². The number of aryl methyl sites for hydroxylation is 2. The van der Waals surface area contributed by atoms with Gasteiger partial charge in [0.15, 0.2) is 0 Å². The van der Waals surface area contributed by atoms with Gasteiger partial charge in [-0.25, -0.2) is 4.39 Å². The van der Waals surface area contributed by atoms with Crippen molar-refractivity contribution in [3.63, 3.8) is 0 Å². The molecule has 0 aliphatic rings. The smallest absolute Gasteiger partial charge is 0.128 e. The van der Waals surface area contributed by atoms with Crippen molar-refractivity contribution in [3.8, 4) is 0 Å². The van der Waals surface area contributed by atoms with E-state index in [4.69, 9.17) is 5.11 Å². The lowest BCUT2D eigenvalue weighted by Crippen LogP contribution is -2.22. The third kappa shape index (κ3) is 2.80. The van der Waals surface area contributed by atoms with Crippen LogP contribution >= 0.6 is 0 Å². The van der Waals surface area contributed by atoms with Crippen molar-refractivity contribution in [3.05, 3.63) is 34.6 Å². The summed E-state index contributed by atoms with van der Waals surface area (Å²) in [7, 11) is 3.80. The predicted molar refractivity (Wildman–Crippen MR) is 64.0 cm³/mol. The molecule has 0 saturated carbocycles. The number of hydrogen-bond acceptors (Lipinski definition) is 2. The van der Waals surface area contributed by atoms with Gasteiger partial charge >= 0.3 is 0 Å². The molecule has 1 aromatic carbocycles. The summed E-state index contributed by atoms with van der Waals surface area (Å²) in [6.45, 7) is 3.94. The van der Waals surface area contributed by atoms with Crippen LogP contribution in [0.5, 0.6) is 0 Å². The highest BCUT2D eigenvalue weighted by Gasteiger charge is 2.18. The quantitative estimate of drug-likeness (QED) is 0.850. The van der Waals surface area contributed by atoms with E-state index in [-0.39, 0.29) is 18.5 Å². The molecular weight excluding hydrogens is 205 g/mol. The van der Waals surface area contributed by atoms with Gasteiger partial charge in [-0.2, -0.15) is 0 Å². The van der Waals surface area contributed by atoms with Gasteiger partial charge in [-0.05, 0) is 51.6 Å². The van der Waals surface area contributed by atoms with Crippen molar-refractivity contribution in [2.24, 2.45) is 0 Å². The highest BCUT2D eigenvalue weighted by atomic mass is 19.1. The summed E-state index contributed by atoms with van der Waals surface area (Å²) in [6, 6.07) is 3.38. The molecule has 1 N–H and O–H groups in total. The SMILES string of the molecule is Cc1cc(F)c(C(CCO)N(C)C)cc1C. The van der Waals surface area contributed by atoms with Crippen molar-refractivity contribution in [2.75, 3.05) is 20.7 Å². The van der Waals surface area contributed by atoms with Crippen LogP contribution in [0.1, 0.15) is 29.2 Å². The first kappa shape index (κ1) is 13.1. The molecule has 3 heteroatoms. The van der Waals surface area contributed by atoms with Gasteiger partial charge in [0.2, 0.25) is 0 Å². The molecule has 0 aliphatic carbocycles. The van der Waals surface area contributed by atoms with Gasteiger partial charge in [-0.1, -0.05) is 6.07 Å². The van der Waals surface area contributed by atoms with Crippen molar-refractivity contribution >= 4 is 0 Å². The average Bonchev–Trinajstić information content (AvgIpc) is 2.20. The minimum absolute atomic E-state index is 0.0647. The first-order valence-electron chi connectivity index (χ1n) is 5.51. The van der Waals surface area contributed by atoms with Gasteiger partial charge in [0, 0.05) is 18.2 Å². The maximum atomic E-state index is 13.9. The van der Waals surface area contributed by atoms with E-state index in [1.165, 1.54) is 0 Å². The molecule has 0 amide bonds. The number of rotatable bonds is 4. The van der Waals surface area contributed by atoms with Crippen LogP contribution in [-0.2, 0) is 0 Å². The summed E-state index contributed by atoms with van der Waals surface area (Å²) >= 11 is 0. The van der Waals surface area contributed by atoms with Gasteiger partial charge in [0.05, 0.1) is 0 Å². The highest BCUT2D eigenvalue weighted by molar-refractivity contribution is 5.33. The summed E-state index contributed by atoms with van der Waals surface area (Å²) < 4.78 is 13.9. The zero-order valence-corrected chi connectivity index (χ0v) is 10.4. The lowest BCUT2D eigenvalue weighted by molar-refractivity contribution is 0.207. The summed E-state index contributed by atoms with van der Waals surface area (Å²) in [6.07, 6.45) is 0.548. The third-order valence-corrected chi connectivity index (χ3v) is 3.00. The van der Waals surface area contributed by atoms with Gasteiger partial charge in [0.25, 0.3) is 0 Å². The molecule has 0 fully saturated rings. The Morgan fingerprint density at radius 2 is 1.81 bits per heavy atom. The fraction of sp³-hybridized carbons (Fsp3) is 0.538. The van der Waals surface area contributed by atoms with Crippen molar-refractivity contribution < 1.29 is 9.50 Å². The first-order chi connectivity index (χ1) is 7.47. The van der Waals surface area contributed by atoms with E-state index in [9.17, 15) is 4.39 Å². The molecule has 16 heavy (non-hydrogen) atoms. The molecule has 0 aromatic heterocycles. The van der Waals surface area contributed by atoms with Crippen LogP contribution in [0.3, 0.4) is 0 Å². The Labute approximate surface area is 96.7 Å². The van der Waals surface area contributed by atoms with Crippen LogP contribution in [0.4, 0.5) is 4.39 Å². The predicted octanol–water partition coefficient (Wildman–Crippen LogP) is 2.43. The van der Waals surface area contributed by atoms with Crippen LogP contribution in [0.15, 0.2) is 12.1 Å². The lowest BCUT2D eigenvalue weighted by atomic mass is 9.98. The summed E-state index contributed by atoms with van der Waals surface area (Å²) in [4.78, 5) is 1.93. The lowest BCUT2D eigenvalue weighted by Gasteiger charge is -2.25. The maximum absolute atomic E-state index is 13.9. The monoisotopic (exact) mass is 225 g/mol. The molecule has 2 nitrogen and oxygen atoms in total. The second-order valence-electron chi connectivity index (χ2n) is 4.45. The molecule has 1 aromatic rings. The Balaban J connectivity index is 3.13. The van der Waals surface area contributed by atoms with Crippen LogP contribution in [0, 0.1) is 19.7 Å². The number of benzene rings is 1. The second kappa shape index (κ2) is 5.41. The fourth-order valence-electron chi connectivity index (χ4n) is 1.87. The minimum Gasteiger partial charge on any atom is -0.396 e.